The van der Waals surface area contributed by atoms with E-state index in [2.05, 4.69) is 37.7 Å². The predicted octanol–water partition coefficient (Wildman–Crippen LogP) is 2.44. The van der Waals surface area contributed by atoms with Crippen LogP contribution in [-0.4, -0.2) is 26.4 Å². The molecule has 0 bridgehead atoms. The third-order valence-corrected chi connectivity index (χ3v) is 3.64. The number of ether oxygens (including phenoxy) is 1. The van der Waals surface area contributed by atoms with Crippen LogP contribution in [0.15, 0.2) is 6.20 Å². The number of aryl methyl sites for hydroxylation is 1. The van der Waals surface area contributed by atoms with E-state index in [1.807, 2.05) is 11.6 Å². The summed E-state index contributed by atoms with van der Waals surface area (Å²) in [4.78, 5) is 8.91. The number of hydrogen-bond acceptors (Lipinski definition) is 4. The van der Waals surface area contributed by atoms with Gasteiger partial charge in [-0.05, 0) is 48.8 Å². The Morgan fingerprint density at radius 3 is 3.12 bits per heavy atom. The fourth-order valence-corrected chi connectivity index (χ4v) is 2.68. The Morgan fingerprint density at radius 2 is 2.35 bits per heavy atom. The van der Waals surface area contributed by atoms with Crippen LogP contribution in [0.1, 0.15) is 31.2 Å². The van der Waals surface area contributed by atoms with E-state index < -0.39 is 0 Å². The van der Waals surface area contributed by atoms with E-state index in [9.17, 15) is 0 Å². The van der Waals surface area contributed by atoms with Crippen LogP contribution in [0.25, 0.3) is 11.2 Å². The number of nitrogens with zero attached hydrogens (tertiary/aromatic N) is 4. The maximum atomic E-state index is 5.75. The molecule has 5 nitrogen and oxygen atoms in total. The molecule has 17 heavy (non-hydrogen) atoms. The van der Waals surface area contributed by atoms with Crippen LogP contribution < -0.4 is 0 Å². The van der Waals surface area contributed by atoms with Crippen molar-refractivity contribution in [1.29, 1.82) is 0 Å². The van der Waals surface area contributed by atoms with Gasteiger partial charge in [0.25, 0.3) is 0 Å². The van der Waals surface area contributed by atoms with Gasteiger partial charge in [0.15, 0.2) is 15.6 Å². The molecule has 0 spiro atoms. The first-order valence-corrected chi connectivity index (χ1v) is 6.82. The third kappa shape index (κ3) is 2.03. The highest BCUT2D eigenvalue weighted by atomic mass is 127. The molecule has 0 aromatic carbocycles. The molecule has 1 aliphatic rings. The van der Waals surface area contributed by atoms with Crippen molar-refractivity contribution in [2.75, 3.05) is 6.61 Å². The first-order valence-electron chi connectivity index (χ1n) is 5.74. The van der Waals surface area contributed by atoms with Crippen LogP contribution in [0.2, 0.25) is 0 Å². The van der Waals surface area contributed by atoms with Crippen molar-refractivity contribution in [3.05, 3.63) is 15.6 Å². The second-order valence-electron chi connectivity index (χ2n) is 4.24. The molecule has 2 aromatic heterocycles. The number of halogens is 1. The van der Waals surface area contributed by atoms with Crippen molar-refractivity contribution in [2.24, 2.45) is 0 Å². The Balaban J connectivity index is 2.10. The lowest BCUT2D eigenvalue weighted by molar-refractivity contribution is -0.0372. The van der Waals surface area contributed by atoms with E-state index in [0.29, 0.717) is 0 Å². The molecule has 1 saturated heterocycles. The Kier molecular flexibility index (Phi) is 2.99. The van der Waals surface area contributed by atoms with Crippen molar-refractivity contribution >= 4 is 33.8 Å². The van der Waals surface area contributed by atoms with Crippen LogP contribution >= 0.6 is 22.6 Å². The normalized spacial score (nSPS) is 20.9. The van der Waals surface area contributed by atoms with Crippen LogP contribution in [-0.2, 0) is 4.74 Å². The van der Waals surface area contributed by atoms with Gasteiger partial charge in [-0.15, -0.1) is 0 Å². The minimum atomic E-state index is 0.0202. The van der Waals surface area contributed by atoms with E-state index in [0.717, 1.165) is 40.0 Å². The van der Waals surface area contributed by atoms with Crippen molar-refractivity contribution in [3.63, 3.8) is 0 Å². The molecule has 2 aromatic rings. The number of hydrogen-bond donors (Lipinski definition) is 0. The average molecular weight is 344 g/mol. The summed E-state index contributed by atoms with van der Waals surface area (Å²) in [5.41, 5.74) is 2.62. The van der Waals surface area contributed by atoms with Crippen molar-refractivity contribution in [1.82, 2.24) is 19.7 Å². The quantitative estimate of drug-likeness (QED) is 0.746. The zero-order valence-corrected chi connectivity index (χ0v) is 11.7. The highest BCUT2D eigenvalue weighted by Gasteiger charge is 2.21. The smallest absolute Gasteiger partial charge is 0.180 e. The van der Waals surface area contributed by atoms with Gasteiger partial charge in [0.2, 0.25) is 0 Å². The highest BCUT2D eigenvalue weighted by molar-refractivity contribution is 14.1. The molecule has 1 atom stereocenters. The summed E-state index contributed by atoms with van der Waals surface area (Å²) >= 11 is 2.20. The lowest BCUT2D eigenvalue weighted by Crippen LogP contribution is -2.19. The molecule has 3 rings (SSSR count). The van der Waals surface area contributed by atoms with E-state index in [4.69, 9.17) is 4.74 Å². The fraction of sp³-hybridized carbons (Fsp3) is 0.545. The second kappa shape index (κ2) is 4.49. The molecule has 0 amide bonds. The van der Waals surface area contributed by atoms with Gasteiger partial charge in [0.05, 0.1) is 11.9 Å². The van der Waals surface area contributed by atoms with Gasteiger partial charge < -0.3 is 4.74 Å². The van der Waals surface area contributed by atoms with Crippen LogP contribution in [0.5, 0.6) is 0 Å². The predicted molar refractivity (Wildman–Crippen MR) is 71.6 cm³/mol. The standard InChI is InChI=1S/C11H13IN4O/c1-7-6-13-11-9(14-7)10(12)15-16(11)8-4-2-3-5-17-8/h6,8H,2-5H2,1H3/t8-/m1/s1. The summed E-state index contributed by atoms with van der Waals surface area (Å²) in [6.07, 6.45) is 5.12. The molecule has 0 aliphatic carbocycles. The van der Waals surface area contributed by atoms with E-state index in [1.165, 1.54) is 6.42 Å². The molecule has 90 valence electrons. The largest absolute Gasteiger partial charge is 0.356 e. The Morgan fingerprint density at radius 1 is 1.47 bits per heavy atom. The molecule has 1 fully saturated rings. The molecule has 0 unspecified atom stereocenters. The molecule has 3 heterocycles. The molecule has 1 aliphatic heterocycles. The third-order valence-electron chi connectivity index (χ3n) is 2.91. The lowest BCUT2D eigenvalue weighted by Gasteiger charge is -2.22. The summed E-state index contributed by atoms with van der Waals surface area (Å²) in [5, 5.41) is 4.51. The Hall–Kier alpha value is -0.760. The molecule has 0 N–H and O–H groups in total. The maximum Gasteiger partial charge on any atom is 0.180 e. The Bertz CT molecular complexity index is 548. The van der Waals surface area contributed by atoms with Gasteiger partial charge in [0.1, 0.15) is 5.52 Å². The van der Waals surface area contributed by atoms with Crippen molar-refractivity contribution < 1.29 is 4.74 Å². The number of rotatable bonds is 1. The lowest BCUT2D eigenvalue weighted by atomic mass is 10.2. The topological polar surface area (TPSA) is 52.8 Å². The summed E-state index contributed by atoms with van der Waals surface area (Å²) in [6.45, 7) is 2.75. The molecule has 0 radical (unpaired) electrons. The minimum absolute atomic E-state index is 0.0202. The van der Waals surface area contributed by atoms with Crippen molar-refractivity contribution in [3.8, 4) is 0 Å². The zero-order valence-electron chi connectivity index (χ0n) is 9.56. The minimum Gasteiger partial charge on any atom is -0.356 e. The van der Waals surface area contributed by atoms with Gasteiger partial charge in [-0.3, -0.25) is 0 Å². The van der Waals surface area contributed by atoms with Crippen LogP contribution in [0.4, 0.5) is 0 Å². The molecular formula is C11H13IN4O. The average Bonchev–Trinajstić information content (AvgIpc) is 2.68. The van der Waals surface area contributed by atoms with Crippen LogP contribution in [0, 0.1) is 10.6 Å². The van der Waals surface area contributed by atoms with Gasteiger partial charge in [-0.25, -0.2) is 14.6 Å². The summed E-state index contributed by atoms with van der Waals surface area (Å²) in [7, 11) is 0. The molecular weight excluding hydrogens is 331 g/mol. The summed E-state index contributed by atoms with van der Waals surface area (Å²) < 4.78 is 8.51. The van der Waals surface area contributed by atoms with Gasteiger partial charge >= 0.3 is 0 Å². The van der Waals surface area contributed by atoms with Crippen molar-refractivity contribution in [2.45, 2.75) is 32.4 Å². The zero-order chi connectivity index (χ0) is 11.8. The van der Waals surface area contributed by atoms with Gasteiger partial charge in [0, 0.05) is 6.61 Å². The van der Waals surface area contributed by atoms with E-state index in [-0.39, 0.29) is 6.23 Å². The molecule has 0 saturated carbocycles. The monoisotopic (exact) mass is 344 g/mol. The molecule has 6 heteroatoms. The SMILES string of the molecule is Cc1cnc2c(n1)c(I)nn2[C@H]1CCCCO1. The van der Waals surface area contributed by atoms with Gasteiger partial charge in [-0.2, -0.15) is 5.10 Å². The highest BCUT2D eigenvalue weighted by Crippen LogP contribution is 2.26. The van der Waals surface area contributed by atoms with Crippen LogP contribution in [0.3, 0.4) is 0 Å². The van der Waals surface area contributed by atoms with E-state index >= 15 is 0 Å². The Labute approximate surface area is 113 Å². The summed E-state index contributed by atoms with van der Waals surface area (Å²) in [6, 6.07) is 0. The number of aromatic nitrogens is 4. The van der Waals surface area contributed by atoms with E-state index in [1.54, 1.807) is 6.20 Å². The number of fused-ring (bicyclic) bond motifs is 1. The summed E-state index contributed by atoms with van der Waals surface area (Å²) in [5.74, 6) is 0. The fourth-order valence-electron chi connectivity index (χ4n) is 2.08. The second-order valence-corrected chi connectivity index (χ2v) is 5.26. The first-order chi connectivity index (χ1) is 8.25. The maximum absolute atomic E-state index is 5.75. The van der Waals surface area contributed by atoms with Gasteiger partial charge in [-0.1, -0.05) is 0 Å². The first kappa shape index (κ1) is 11.3.